The van der Waals surface area contributed by atoms with Gasteiger partial charge in [-0.05, 0) is 67.3 Å². The standard InChI is InChI=1S/C31H29F8NO5S/c1-17-14-19(27(42)45-2)6-9-23(17)26(41)40-13-12-28(46(43,44)22-5-3-4-21(32)16-22)24-10-8-20(15-18(24)7-11-25(28)40)29(33,30(34,35)36)31(37,38)39/h3-6,8,10,15-17,23,25H,7,9,11-14H2,1-2H3/t17-,23+,25+,28+/m0/s1. The summed E-state index contributed by atoms with van der Waals surface area (Å²) in [7, 11) is -3.46. The Hall–Kier alpha value is -3.49. The number of likely N-dealkylation sites (tertiary alicyclic amines) is 1. The number of esters is 1. The maximum absolute atomic E-state index is 15.0. The molecule has 46 heavy (non-hydrogen) atoms. The third kappa shape index (κ3) is 5.00. The first-order chi connectivity index (χ1) is 21.3. The highest BCUT2D eigenvalue weighted by Crippen LogP contribution is 2.57. The average molecular weight is 680 g/mol. The fourth-order valence-corrected chi connectivity index (χ4v) is 9.67. The number of halogens is 8. The third-order valence-electron chi connectivity index (χ3n) is 9.55. The monoisotopic (exact) mass is 679 g/mol. The van der Waals surface area contributed by atoms with Crippen molar-refractivity contribution in [2.75, 3.05) is 13.7 Å². The second-order valence-electron chi connectivity index (χ2n) is 12.0. The molecule has 0 bridgehead atoms. The van der Waals surface area contributed by atoms with Crippen LogP contribution in [0.25, 0.3) is 0 Å². The lowest BCUT2D eigenvalue weighted by atomic mass is 9.76. The van der Waals surface area contributed by atoms with Gasteiger partial charge in [0.1, 0.15) is 10.6 Å². The number of allylic oxidation sites excluding steroid dienone is 1. The van der Waals surface area contributed by atoms with Crippen LogP contribution < -0.4 is 0 Å². The van der Waals surface area contributed by atoms with Crippen LogP contribution in [0.15, 0.2) is 59.0 Å². The van der Waals surface area contributed by atoms with Crippen LogP contribution in [0, 0.1) is 17.7 Å². The van der Waals surface area contributed by atoms with Gasteiger partial charge in [-0.3, -0.25) is 4.79 Å². The van der Waals surface area contributed by atoms with Crippen molar-refractivity contribution in [1.29, 1.82) is 0 Å². The molecule has 0 N–H and O–H groups in total. The van der Waals surface area contributed by atoms with Crippen molar-refractivity contribution in [1.82, 2.24) is 4.90 Å². The molecular formula is C31H29F8NO5S. The summed E-state index contributed by atoms with van der Waals surface area (Å²) in [6.07, 6.45) is -11.6. The number of methoxy groups -OCH3 is 1. The van der Waals surface area contributed by atoms with E-state index < -0.39 is 72.7 Å². The summed E-state index contributed by atoms with van der Waals surface area (Å²) in [4.78, 5) is 26.9. The van der Waals surface area contributed by atoms with Crippen LogP contribution in [0.1, 0.15) is 49.3 Å². The molecule has 6 nitrogen and oxygen atoms in total. The number of amides is 1. The smallest absolute Gasteiger partial charge is 0.435 e. The minimum atomic E-state index is -6.38. The fourth-order valence-electron chi connectivity index (χ4n) is 7.27. The Morgan fingerprint density at radius 3 is 2.26 bits per heavy atom. The van der Waals surface area contributed by atoms with Crippen LogP contribution in [-0.2, 0) is 41.0 Å². The topological polar surface area (TPSA) is 80.8 Å². The Morgan fingerprint density at radius 1 is 1.00 bits per heavy atom. The number of benzene rings is 2. The molecule has 1 saturated heterocycles. The number of fused-ring (bicyclic) bond motifs is 3. The Labute approximate surface area is 259 Å². The summed E-state index contributed by atoms with van der Waals surface area (Å²) in [5.41, 5.74) is -7.53. The van der Waals surface area contributed by atoms with E-state index in [0.717, 1.165) is 30.3 Å². The Bertz CT molecular complexity index is 1690. The van der Waals surface area contributed by atoms with Crippen molar-refractivity contribution in [3.63, 3.8) is 0 Å². The number of sulfone groups is 1. The van der Waals surface area contributed by atoms with E-state index >= 15 is 4.39 Å². The van der Waals surface area contributed by atoms with Gasteiger partial charge < -0.3 is 9.64 Å². The molecule has 2 aliphatic carbocycles. The summed E-state index contributed by atoms with van der Waals surface area (Å²) < 4.78 is 142. The molecular weight excluding hydrogens is 650 g/mol. The lowest BCUT2D eigenvalue weighted by molar-refractivity contribution is -0.348. The third-order valence-corrected chi connectivity index (χ3v) is 12.1. The molecule has 2 aromatic rings. The molecule has 0 saturated carbocycles. The highest BCUT2D eigenvalue weighted by Gasteiger charge is 2.74. The molecule has 5 rings (SSSR count). The lowest BCUT2D eigenvalue weighted by Crippen LogP contribution is -2.54. The minimum Gasteiger partial charge on any atom is -0.466 e. The number of aryl methyl sites for hydroxylation is 1. The van der Waals surface area contributed by atoms with Gasteiger partial charge in [0.2, 0.25) is 5.91 Å². The van der Waals surface area contributed by atoms with Gasteiger partial charge in [0.15, 0.2) is 9.84 Å². The Kier molecular flexibility index (Phi) is 8.35. The SMILES string of the molecule is COC(=O)C1=CC[C@@H](C(=O)N2CC[C@@]3(S(=O)(=O)c4cccc(F)c4)c4ccc(C(F)(C(F)(F)F)C(F)(F)F)cc4CC[C@@H]23)[C@@H](C)C1. The van der Waals surface area contributed by atoms with Crippen LogP contribution in [0.4, 0.5) is 35.1 Å². The molecule has 2 aromatic carbocycles. The van der Waals surface area contributed by atoms with Crippen LogP contribution in [0.2, 0.25) is 0 Å². The molecule has 0 aromatic heterocycles. The zero-order valence-electron chi connectivity index (χ0n) is 24.5. The number of hydrogen-bond acceptors (Lipinski definition) is 5. The number of nitrogens with zero attached hydrogens (tertiary/aromatic N) is 1. The number of carbonyl (C=O) groups excluding carboxylic acids is 2. The predicted octanol–water partition coefficient (Wildman–Crippen LogP) is 6.48. The fraction of sp³-hybridized carbons (Fsp3) is 0.484. The summed E-state index contributed by atoms with van der Waals surface area (Å²) >= 11 is 0. The predicted molar refractivity (Wildman–Crippen MR) is 147 cm³/mol. The maximum Gasteiger partial charge on any atom is 0.435 e. The highest BCUT2D eigenvalue weighted by molar-refractivity contribution is 7.92. The van der Waals surface area contributed by atoms with Crippen molar-refractivity contribution in [3.8, 4) is 0 Å². The number of hydrogen-bond donors (Lipinski definition) is 0. The van der Waals surface area contributed by atoms with Crippen molar-refractivity contribution in [2.24, 2.45) is 11.8 Å². The molecule has 0 radical (unpaired) electrons. The number of carbonyl (C=O) groups is 2. The molecule has 0 spiro atoms. The van der Waals surface area contributed by atoms with Gasteiger partial charge in [-0.2, -0.15) is 26.3 Å². The first-order valence-corrected chi connectivity index (χ1v) is 15.8. The van der Waals surface area contributed by atoms with Crippen molar-refractivity contribution < 1.29 is 57.9 Å². The van der Waals surface area contributed by atoms with Gasteiger partial charge in [0, 0.05) is 23.6 Å². The molecule has 1 heterocycles. The van der Waals surface area contributed by atoms with Crippen LogP contribution >= 0.6 is 0 Å². The van der Waals surface area contributed by atoms with Crippen molar-refractivity contribution >= 4 is 21.7 Å². The van der Waals surface area contributed by atoms with E-state index in [9.17, 15) is 48.7 Å². The molecule has 1 fully saturated rings. The summed E-state index contributed by atoms with van der Waals surface area (Å²) in [6, 6.07) is 4.27. The molecule has 15 heteroatoms. The van der Waals surface area contributed by atoms with Gasteiger partial charge in [-0.25, -0.2) is 22.0 Å². The lowest BCUT2D eigenvalue weighted by Gasteiger charge is -2.44. The van der Waals surface area contributed by atoms with E-state index in [4.69, 9.17) is 4.74 Å². The van der Waals surface area contributed by atoms with E-state index in [0.29, 0.717) is 11.6 Å². The first kappa shape index (κ1) is 33.9. The van der Waals surface area contributed by atoms with Crippen molar-refractivity contribution in [3.05, 3.63) is 76.6 Å². The van der Waals surface area contributed by atoms with Crippen molar-refractivity contribution in [2.45, 2.75) is 72.7 Å². The molecule has 3 aliphatic rings. The number of rotatable bonds is 5. The number of ether oxygens (including phenoxy) is 1. The van der Waals surface area contributed by atoms with Gasteiger partial charge in [-0.15, -0.1) is 0 Å². The summed E-state index contributed by atoms with van der Waals surface area (Å²) in [5, 5.41) is 0. The van der Waals surface area contributed by atoms with E-state index in [2.05, 4.69) is 0 Å². The minimum absolute atomic E-state index is 0.144. The highest BCUT2D eigenvalue weighted by atomic mass is 32.2. The van der Waals surface area contributed by atoms with Crippen LogP contribution in [0.5, 0.6) is 0 Å². The summed E-state index contributed by atoms with van der Waals surface area (Å²) in [5.74, 6) is -2.92. The van der Waals surface area contributed by atoms with Gasteiger partial charge in [0.05, 0.1) is 18.0 Å². The van der Waals surface area contributed by atoms with Gasteiger partial charge >= 0.3 is 24.0 Å². The molecule has 0 unspecified atom stereocenters. The number of alkyl halides is 7. The van der Waals surface area contributed by atoms with E-state index in [1.165, 1.54) is 12.0 Å². The largest absolute Gasteiger partial charge is 0.466 e. The maximum atomic E-state index is 15.0. The van der Waals surface area contributed by atoms with Crippen LogP contribution in [-0.4, -0.2) is 57.2 Å². The second kappa shape index (κ2) is 11.3. The summed E-state index contributed by atoms with van der Waals surface area (Å²) in [6.45, 7) is 1.60. The van der Waals surface area contributed by atoms with Crippen LogP contribution in [0.3, 0.4) is 0 Å². The Balaban J connectivity index is 1.64. The molecule has 1 aliphatic heterocycles. The molecule has 1 amide bonds. The van der Waals surface area contributed by atoms with E-state index in [1.807, 2.05) is 0 Å². The normalized spacial score (nSPS) is 25.4. The molecule has 4 atom stereocenters. The quantitative estimate of drug-likeness (QED) is 0.267. The second-order valence-corrected chi connectivity index (χ2v) is 14.2. The first-order valence-electron chi connectivity index (χ1n) is 14.4. The van der Waals surface area contributed by atoms with E-state index in [1.54, 1.807) is 13.0 Å². The Morgan fingerprint density at radius 2 is 1.67 bits per heavy atom. The van der Waals surface area contributed by atoms with Gasteiger partial charge in [-0.1, -0.05) is 37.3 Å². The molecule has 250 valence electrons. The average Bonchev–Trinajstić information content (AvgIpc) is 3.40. The zero-order valence-corrected chi connectivity index (χ0v) is 25.3. The zero-order chi connectivity index (χ0) is 34.0. The van der Waals surface area contributed by atoms with Gasteiger partial charge in [0.25, 0.3) is 0 Å². The van der Waals surface area contributed by atoms with E-state index in [-0.39, 0.29) is 61.8 Å².